The maximum absolute atomic E-state index is 13.8. The van der Waals surface area contributed by atoms with Gasteiger partial charge in [-0.15, -0.1) is 0 Å². The monoisotopic (exact) mass is 320 g/mol. The van der Waals surface area contributed by atoms with Crippen molar-refractivity contribution in [3.05, 3.63) is 41.1 Å². The lowest BCUT2D eigenvalue weighted by atomic mass is 10.2. The quantitative estimate of drug-likeness (QED) is 0.642. The summed E-state index contributed by atoms with van der Waals surface area (Å²) in [6.45, 7) is -0.329. The Morgan fingerprint density at radius 3 is 2.55 bits per heavy atom. The molecule has 0 saturated heterocycles. The van der Waals surface area contributed by atoms with Gasteiger partial charge in [0.05, 0.1) is 11.3 Å². The second kappa shape index (κ2) is 5.74. The first-order valence-electron chi connectivity index (χ1n) is 5.92. The fourth-order valence-electron chi connectivity index (χ4n) is 1.76. The molecule has 0 aliphatic rings. The van der Waals surface area contributed by atoms with Gasteiger partial charge in [0, 0.05) is 6.07 Å². The number of aromatic nitrogens is 2. The van der Waals surface area contributed by atoms with Crippen molar-refractivity contribution < 1.29 is 31.5 Å². The molecule has 9 heteroatoms. The first-order chi connectivity index (χ1) is 10.2. The van der Waals surface area contributed by atoms with E-state index in [1.807, 2.05) is 0 Å². The van der Waals surface area contributed by atoms with E-state index >= 15 is 0 Å². The minimum Gasteiger partial charge on any atom is -0.467 e. The number of halogens is 5. The van der Waals surface area contributed by atoms with Gasteiger partial charge in [0.25, 0.3) is 0 Å². The van der Waals surface area contributed by atoms with Crippen LogP contribution in [0, 0.1) is 18.6 Å². The highest BCUT2D eigenvalue weighted by Crippen LogP contribution is 2.28. The molecule has 0 atom stereocenters. The number of aldehydes is 1. The summed E-state index contributed by atoms with van der Waals surface area (Å²) < 4.78 is 68.8. The summed E-state index contributed by atoms with van der Waals surface area (Å²) >= 11 is 0. The van der Waals surface area contributed by atoms with E-state index in [1.165, 1.54) is 6.92 Å². The molecule has 0 N–H and O–H groups in total. The van der Waals surface area contributed by atoms with Gasteiger partial charge in [0.2, 0.25) is 5.88 Å². The molecule has 0 radical (unpaired) electrons. The molecule has 2 aromatic rings. The van der Waals surface area contributed by atoms with Crippen LogP contribution in [-0.2, 0) is 0 Å². The predicted octanol–water partition coefficient (Wildman–Crippen LogP) is 3.21. The fourth-order valence-corrected chi connectivity index (χ4v) is 1.76. The van der Waals surface area contributed by atoms with Crippen LogP contribution >= 0.6 is 0 Å². The van der Waals surface area contributed by atoms with Gasteiger partial charge in [-0.05, 0) is 19.1 Å². The van der Waals surface area contributed by atoms with Crippen molar-refractivity contribution in [2.45, 2.75) is 13.1 Å². The van der Waals surface area contributed by atoms with E-state index in [4.69, 9.17) is 0 Å². The number of rotatable bonds is 4. The average molecular weight is 320 g/mol. The van der Waals surface area contributed by atoms with E-state index in [0.29, 0.717) is 10.7 Å². The number of carbonyl (C=O) groups excluding carboxylic acids is 1. The van der Waals surface area contributed by atoms with Crippen molar-refractivity contribution in [3.8, 4) is 11.6 Å². The summed E-state index contributed by atoms with van der Waals surface area (Å²) in [6.07, 6.45) is -4.39. The number of alkyl halides is 3. The number of ether oxygens (including phenoxy) is 1. The van der Waals surface area contributed by atoms with Crippen molar-refractivity contribution in [2.24, 2.45) is 0 Å². The van der Waals surface area contributed by atoms with Crippen LogP contribution in [0.4, 0.5) is 22.0 Å². The predicted molar refractivity (Wildman–Crippen MR) is 65.2 cm³/mol. The zero-order valence-corrected chi connectivity index (χ0v) is 11.1. The standard InChI is InChI=1S/C13H9F5N2O2/c1-7-9(5-21)12(22-6-13(16,17)18)20(19-7)11-3-2-8(14)4-10(11)15/h2-5H,6H2,1H3. The Bertz CT molecular complexity index is 709. The summed E-state index contributed by atoms with van der Waals surface area (Å²) in [5, 5.41) is 3.77. The number of nitrogens with zero attached hydrogens (tertiary/aromatic N) is 2. The fraction of sp³-hybridized carbons (Fsp3) is 0.231. The first kappa shape index (κ1) is 15.9. The second-order valence-electron chi connectivity index (χ2n) is 4.33. The molecule has 0 unspecified atom stereocenters. The second-order valence-corrected chi connectivity index (χ2v) is 4.33. The van der Waals surface area contributed by atoms with Gasteiger partial charge in [-0.2, -0.15) is 23.0 Å². The van der Waals surface area contributed by atoms with Crippen LogP contribution in [-0.4, -0.2) is 28.8 Å². The van der Waals surface area contributed by atoms with Gasteiger partial charge in [-0.25, -0.2) is 8.78 Å². The van der Waals surface area contributed by atoms with Gasteiger partial charge in [0.1, 0.15) is 11.5 Å². The molecule has 0 amide bonds. The normalized spacial score (nSPS) is 11.5. The average Bonchev–Trinajstić information content (AvgIpc) is 2.71. The topological polar surface area (TPSA) is 44.1 Å². The molecule has 118 valence electrons. The van der Waals surface area contributed by atoms with Crippen LogP contribution in [0.3, 0.4) is 0 Å². The zero-order chi connectivity index (χ0) is 16.5. The molecule has 2 rings (SSSR count). The van der Waals surface area contributed by atoms with Crippen molar-refractivity contribution >= 4 is 6.29 Å². The van der Waals surface area contributed by atoms with Gasteiger partial charge in [-0.3, -0.25) is 4.79 Å². The van der Waals surface area contributed by atoms with Crippen LogP contribution in [0.15, 0.2) is 18.2 Å². The van der Waals surface area contributed by atoms with E-state index in [0.717, 1.165) is 12.1 Å². The maximum atomic E-state index is 13.8. The number of aryl methyl sites for hydroxylation is 1. The number of carbonyl (C=O) groups is 1. The van der Waals surface area contributed by atoms with Crippen LogP contribution in [0.25, 0.3) is 5.69 Å². The summed E-state index contributed by atoms with van der Waals surface area (Å²) in [5.41, 5.74) is -0.529. The molecular weight excluding hydrogens is 311 g/mol. The summed E-state index contributed by atoms with van der Waals surface area (Å²) in [4.78, 5) is 11.0. The minimum absolute atomic E-state index is 0.0518. The molecule has 0 spiro atoms. The largest absolute Gasteiger partial charge is 0.467 e. The Balaban J connectivity index is 2.53. The highest BCUT2D eigenvalue weighted by Gasteiger charge is 2.31. The van der Waals surface area contributed by atoms with Gasteiger partial charge < -0.3 is 4.74 Å². The number of hydrogen-bond acceptors (Lipinski definition) is 3. The Labute approximate surface area is 121 Å². The lowest BCUT2D eigenvalue weighted by Crippen LogP contribution is -2.21. The van der Waals surface area contributed by atoms with Crippen LogP contribution in [0.5, 0.6) is 5.88 Å². The van der Waals surface area contributed by atoms with E-state index in [1.54, 1.807) is 0 Å². The first-order valence-corrected chi connectivity index (χ1v) is 5.92. The maximum Gasteiger partial charge on any atom is 0.422 e. The molecular formula is C13H9F5N2O2. The minimum atomic E-state index is -4.65. The van der Waals surface area contributed by atoms with Crippen molar-refractivity contribution in [1.29, 1.82) is 0 Å². The molecule has 1 aromatic heterocycles. The molecule has 1 aromatic carbocycles. The van der Waals surface area contributed by atoms with Gasteiger partial charge in [0.15, 0.2) is 18.7 Å². The highest BCUT2D eigenvalue weighted by molar-refractivity contribution is 5.80. The van der Waals surface area contributed by atoms with E-state index in [-0.39, 0.29) is 23.2 Å². The third-order valence-corrected chi connectivity index (χ3v) is 2.69. The lowest BCUT2D eigenvalue weighted by Gasteiger charge is -2.12. The zero-order valence-electron chi connectivity index (χ0n) is 11.1. The van der Waals surface area contributed by atoms with E-state index < -0.39 is 30.3 Å². The van der Waals surface area contributed by atoms with Gasteiger partial charge in [-0.1, -0.05) is 0 Å². The van der Waals surface area contributed by atoms with E-state index in [2.05, 4.69) is 9.84 Å². The summed E-state index contributed by atoms with van der Waals surface area (Å²) in [6, 6.07) is 2.43. The molecule has 0 fully saturated rings. The van der Waals surface area contributed by atoms with Crippen molar-refractivity contribution in [2.75, 3.05) is 6.61 Å². The number of benzene rings is 1. The summed E-state index contributed by atoms with van der Waals surface area (Å²) in [5.74, 6) is -2.48. The third-order valence-electron chi connectivity index (χ3n) is 2.69. The molecule has 0 aliphatic carbocycles. The molecule has 0 saturated carbocycles. The highest BCUT2D eigenvalue weighted by atomic mass is 19.4. The van der Waals surface area contributed by atoms with Crippen molar-refractivity contribution in [3.63, 3.8) is 0 Å². The lowest BCUT2D eigenvalue weighted by molar-refractivity contribution is -0.154. The molecule has 0 aliphatic heterocycles. The Hall–Kier alpha value is -2.45. The van der Waals surface area contributed by atoms with Crippen LogP contribution in [0.1, 0.15) is 16.1 Å². The van der Waals surface area contributed by atoms with E-state index in [9.17, 15) is 26.7 Å². The number of hydrogen-bond donors (Lipinski definition) is 0. The van der Waals surface area contributed by atoms with Crippen LogP contribution in [0.2, 0.25) is 0 Å². The smallest absolute Gasteiger partial charge is 0.422 e. The SMILES string of the molecule is Cc1nn(-c2ccc(F)cc2F)c(OCC(F)(F)F)c1C=O. The Morgan fingerprint density at radius 2 is 2.00 bits per heavy atom. The molecule has 4 nitrogen and oxygen atoms in total. The summed E-state index contributed by atoms with van der Waals surface area (Å²) in [7, 11) is 0. The van der Waals surface area contributed by atoms with Gasteiger partial charge >= 0.3 is 6.18 Å². The third kappa shape index (κ3) is 3.23. The van der Waals surface area contributed by atoms with Crippen LogP contribution < -0.4 is 4.74 Å². The van der Waals surface area contributed by atoms with Crippen molar-refractivity contribution in [1.82, 2.24) is 9.78 Å². The molecule has 1 heterocycles. The Kier molecular flexibility index (Phi) is 4.16. The Morgan fingerprint density at radius 1 is 1.32 bits per heavy atom. The molecule has 0 bridgehead atoms. The molecule has 22 heavy (non-hydrogen) atoms.